The number of likely N-dealkylation sites (tertiary alicyclic amines) is 1. The first kappa shape index (κ1) is 16.3. The Balaban J connectivity index is 1.63. The highest BCUT2D eigenvalue weighted by atomic mass is 15.3. The summed E-state index contributed by atoms with van der Waals surface area (Å²) in [6.45, 7) is 9.57. The third-order valence-electron chi connectivity index (χ3n) is 5.29. The number of guanidine groups is 1. The van der Waals surface area contributed by atoms with E-state index in [1.807, 2.05) is 0 Å². The lowest BCUT2D eigenvalue weighted by atomic mass is 9.94. The molecule has 126 valence electrons. The third-order valence-corrected chi connectivity index (χ3v) is 5.29. The molecule has 0 aliphatic carbocycles. The molecule has 0 atom stereocenters. The van der Waals surface area contributed by atoms with Gasteiger partial charge in [-0.25, -0.2) is 0 Å². The monoisotopic (exact) mass is 314 g/mol. The van der Waals surface area contributed by atoms with Crippen LogP contribution < -0.4 is 5.73 Å². The molecule has 0 aromatic heterocycles. The molecule has 2 heterocycles. The Morgan fingerprint density at radius 2 is 1.78 bits per heavy atom. The second-order valence-electron chi connectivity index (χ2n) is 7.47. The Labute approximate surface area is 140 Å². The fourth-order valence-electron chi connectivity index (χ4n) is 3.61. The summed E-state index contributed by atoms with van der Waals surface area (Å²) in [5, 5.41) is 0. The molecule has 1 fully saturated rings. The maximum absolute atomic E-state index is 6.22. The Kier molecular flexibility index (Phi) is 4.90. The third kappa shape index (κ3) is 3.86. The van der Waals surface area contributed by atoms with E-state index in [1.165, 1.54) is 30.4 Å². The van der Waals surface area contributed by atoms with Gasteiger partial charge in [-0.3, -0.25) is 9.89 Å². The molecule has 2 aliphatic heterocycles. The van der Waals surface area contributed by atoms with Crippen molar-refractivity contribution in [2.45, 2.75) is 51.6 Å². The van der Waals surface area contributed by atoms with Crippen molar-refractivity contribution in [2.24, 2.45) is 10.7 Å². The quantitative estimate of drug-likeness (QED) is 0.689. The van der Waals surface area contributed by atoms with Crippen molar-refractivity contribution in [3.63, 3.8) is 0 Å². The zero-order valence-electron chi connectivity index (χ0n) is 14.6. The number of nitrogens with zero attached hydrogens (tertiary/aromatic N) is 3. The van der Waals surface area contributed by atoms with Crippen LogP contribution in [0, 0.1) is 0 Å². The fraction of sp³-hybridized carbons (Fsp3) is 0.632. The van der Waals surface area contributed by atoms with E-state index in [4.69, 9.17) is 10.7 Å². The van der Waals surface area contributed by atoms with Crippen LogP contribution in [0.25, 0.3) is 0 Å². The zero-order chi connectivity index (χ0) is 16.3. The lowest BCUT2D eigenvalue weighted by molar-refractivity contribution is 0.111. The standard InChI is InChI=1S/C19H30N4/c1-19(2,15-21-18(20)22-11-6-3-7-12-22)23-13-10-16-8-4-5-9-17(16)14-23/h4-5,8-9H,3,6-7,10-15H2,1-2H3,(H2,20,21). The predicted molar refractivity (Wildman–Crippen MR) is 96.5 cm³/mol. The van der Waals surface area contributed by atoms with Crippen molar-refractivity contribution >= 4 is 5.96 Å². The number of hydrogen-bond donors (Lipinski definition) is 1. The molecule has 2 aliphatic rings. The minimum atomic E-state index is 0.0357. The molecule has 1 saturated heterocycles. The summed E-state index contributed by atoms with van der Waals surface area (Å²) in [5.74, 6) is 0.732. The molecule has 3 rings (SSSR count). The van der Waals surface area contributed by atoms with E-state index in [2.05, 4.69) is 47.9 Å². The van der Waals surface area contributed by atoms with Gasteiger partial charge in [0.15, 0.2) is 5.96 Å². The number of benzene rings is 1. The van der Waals surface area contributed by atoms with Crippen LogP contribution in [0.2, 0.25) is 0 Å². The molecule has 0 saturated carbocycles. The van der Waals surface area contributed by atoms with Gasteiger partial charge in [0.25, 0.3) is 0 Å². The summed E-state index contributed by atoms with van der Waals surface area (Å²) in [7, 11) is 0. The molecule has 23 heavy (non-hydrogen) atoms. The number of fused-ring (bicyclic) bond motifs is 1. The van der Waals surface area contributed by atoms with Crippen LogP contribution in [0.4, 0.5) is 0 Å². The first-order valence-electron chi connectivity index (χ1n) is 8.93. The van der Waals surface area contributed by atoms with Crippen molar-refractivity contribution in [3.8, 4) is 0 Å². The molecule has 0 radical (unpaired) electrons. The highest BCUT2D eigenvalue weighted by molar-refractivity contribution is 5.78. The molecule has 0 amide bonds. The minimum absolute atomic E-state index is 0.0357. The van der Waals surface area contributed by atoms with Gasteiger partial charge in [-0.15, -0.1) is 0 Å². The largest absolute Gasteiger partial charge is 0.370 e. The zero-order valence-corrected chi connectivity index (χ0v) is 14.6. The maximum Gasteiger partial charge on any atom is 0.191 e. The van der Waals surface area contributed by atoms with Gasteiger partial charge in [-0.2, -0.15) is 0 Å². The maximum atomic E-state index is 6.22. The highest BCUT2D eigenvalue weighted by Gasteiger charge is 2.29. The summed E-state index contributed by atoms with van der Waals surface area (Å²) in [5.41, 5.74) is 9.21. The predicted octanol–water partition coefficient (Wildman–Crippen LogP) is 2.62. The van der Waals surface area contributed by atoms with Gasteiger partial charge in [0.05, 0.1) is 6.54 Å². The SMILES string of the molecule is CC(C)(CN=C(N)N1CCCCC1)N1CCc2ccccc2C1. The van der Waals surface area contributed by atoms with Crippen molar-refractivity contribution in [1.82, 2.24) is 9.80 Å². The average molecular weight is 314 g/mol. The molecular formula is C19H30N4. The number of hydrogen-bond acceptors (Lipinski definition) is 2. The summed E-state index contributed by atoms with van der Waals surface area (Å²) in [4.78, 5) is 9.51. The van der Waals surface area contributed by atoms with Crippen molar-refractivity contribution in [1.29, 1.82) is 0 Å². The van der Waals surface area contributed by atoms with Crippen LogP contribution in [-0.2, 0) is 13.0 Å². The Morgan fingerprint density at radius 3 is 2.52 bits per heavy atom. The number of piperidine rings is 1. The molecule has 1 aromatic rings. The second-order valence-corrected chi connectivity index (χ2v) is 7.47. The molecule has 0 spiro atoms. The van der Waals surface area contributed by atoms with Crippen LogP contribution in [0.1, 0.15) is 44.2 Å². The molecule has 4 nitrogen and oxygen atoms in total. The van der Waals surface area contributed by atoms with Gasteiger partial charge in [0.1, 0.15) is 0 Å². The van der Waals surface area contributed by atoms with Crippen LogP contribution in [0.5, 0.6) is 0 Å². The number of nitrogens with two attached hydrogens (primary N) is 1. The van der Waals surface area contributed by atoms with Crippen LogP contribution in [0.3, 0.4) is 0 Å². The molecule has 1 aromatic carbocycles. The summed E-state index contributed by atoms with van der Waals surface area (Å²) < 4.78 is 0. The Bertz CT molecular complexity index is 558. The fourth-order valence-corrected chi connectivity index (χ4v) is 3.61. The van der Waals surface area contributed by atoms with E-state index < -0.39 is 0 Å². The van der Waals surface area contributed by atoms with Crippen molar-refractivity contribution < 1.29 is 0 Å². The van der Waals surface area contributed by atoms with E-state index in [1.54, 1.807) is 0 Å². The molecule has 4 heteroatoms. The molecular weight excluding hydrogens is 284 g/mol. The Morgan fingerprint density at radius 1 is 1.09 bits per heavy atom. The van der Waals surface area contributed by atoms with Crippen LogP contribution in [0.15, 0.2) is 29.3 Å². The van der Waals surface area contributed by atoms with Gasteiger partial charge in [0, 0.05) is 31.7 Å². The first-order valence-corrected chi connectivity index (χ1v) is 8.93. The second kappa shape index (κ2) is 6.91. The normalized spacial score (nSPS) is 20.4. The topological polar surface area (TPSA) is 44.9 Å². The summed E-state index contributed by atoms with van der Waals surface area (Å²) >= 11 is 0. The minimum Gasteiger partial charge on any atom is -0.370 e. The molecule has 0 bridgehead atoms. The van der Waals surface area contributed by atoms with Gasteiger partial charge in [0.2, 0.25) is 0 Å². The van der Waals surface area contributed by atoms with Crippen LogP contribution >= 0.6 is 0 Å². The smallest absolute Gasteiger partial charge is 0.191 e. The van der Waals surface area contributed by atoms with Crippen LogP contribution in [-0.4, -0.2) is 47.5 Å². The molecule has 2 N–H and O–H groups in total. The van der Waals surface area contributed by atoms with E-state index in [9.17, 15) is 0 Å². The lowest BCUT2D eigenvalue weighted by Gasteiger charge is -2.41. The van der Waals surface area contributed by atoms with Crippen molar-refractivity contribution in [2.75, 3.05) is 26.2 Å². The van der Waals surface area contributed by atoms with Gasteiger partial charge in [-0.1, -0.05) is 24.3 Å². The summed E-state index contributed by atoms with van der Waals surface area (Å²) in [6.07, 6.45) is 4.93. The van der Waals surface area contributed by atoms with E-state index in [0.717, 1.165) is 45.1 Å². The van der Waals surface area contributed by atoms with Gasteiger partial charge >= 0.3 is 0 Å². The van der Waals surface area contributed by atoms with Crippen molar-refractivity contribution in [3.05, 3.63) is 35.4 Å². The van der Waals surface area contributed by atoms with Gasteiger partial charge < -0.3 is 10.6 Å². The number of rotatable bonds is 3. The summed E-state index contributed by atoms with van der Waals surface area (Å²) in [6, 6.07) is 8.79. The highest BCUT2D eigenvalue weighted by Crippen LogP contribution is 2.25. The lowest BCUT2D eigenvalue weighted by Crippen LogP contribution is -2.49. The van der Waals surface area contributed by atoms with E-state index in [0.29, 0.717) is 0 Å². The van der Waals surface area contributed by atoms with E-state index in [-0.39, 0.29) is 5.54 Å². The number of aliphatic imine (C=N–C) groups is 1. The molecule has 0 unspecified atom stereocenters. The first-order chi connectivity index (χ1) is 11.1. The Hall–Kier alpha value is -1.55. The van der Waals surface area contributed by atoms with E-state index >= 15 is 0 Å². The van der Waals surface area contributed by atoms with Gasteiger partial charge in [-0.05, 0) is 50.7 Å². The average Bonchev–Trinajstić information content (AvgIpc) is 2.60.